The Morgan fingerprint density at radius 1 is 1.18 bits per heavy atom. The number of carbonyl (C=O) groups excluding carboxylic acids is 2. The molecule has 174 valence electrons. The zero-order valence-corrected chi connectivity index (χ0v) is 19.3. The maximum absolute atomic E-state index is 14.2. The quantitative estimate of drug-likeness (QED) is 0.650. The van der Waals surface area contributed by atoms with Gasteiger partial charge in [-0.25, -0.2) is 4.39 Å². The average Bonchev–Trinajstić information content (AvgIpc) is 3.35. The first-order valence-electron chi connectivity index (χ1n) is 11.1. The molecule has 8 heteroatoms. The molecule has 2 heterocycles. The molecular weight excluding hydrogens is 443 g/mol. The zero-order valence-electron chi connectivity index (χ0n) is 18.5. The Hall–Kier alpha value is -2.74. The van der Waals surface area contributed by atoms with Gasteiger partial charge in [0.1, 0.15) is 5.82 Å². The summed E-state index contributed by atoms with van der Waals surface area (Å²) in [5.74, 6) is -0.973. The third kappa shape index (κ3) is 5.27. The summed E-state index contributed by atoms with van der Waals surface area (Å²) in [6, 6.07) is 13.4. The van der Waals surface area contributed by atoms with Crippen LogP contribution in [0.5, 0.6) is 0 Å². The zero-order chi connectivity index (χ0) is 23.5. The number of likely N-dealkylation sites (tertiary alicyclic amines) is 1. The largest absolute Gasteiger partial charge is 0.348 e. The van der Waals surface area contributed by atoms with E-state index in [4.69, 9.17) is 17.3 Å². The third-order valence-corrected chi connectivity index (χ3v) is 6.57. The topological polar surface area (TPSA) is 78.7 Å². The molecule has 1 fully saturated rings. The summed E-state index contributed by atoms with van der Waals surface area (Å²) in [5, 5.41) is 3.17. The van der Waals surface area contributed by atoms with Gasteiger partial charge in [0.25, 0.3) is 5.91 Å². The van der Waals surface area contributed by atoms with Crippen LogP contribution in [0.1, 0.15) is 35.3 Å². The molecule has 2 unspecified atom stereocenters. The third-order valence-electron chi connectivity index (χ3n) is 6.25. The van der Waals surface area contributed by atoms with E-state index in [2.05, 4.69) is 10.2 Å². The molecule has 6 nitrogen and oxygen atoms in total. The fourth-order valence-corrected chi connectivity index (χ4v) is 4.72. The van der Waals surface area contributed by atoms with E-state index in [-0.39, 0.29) is 28.5 Å². The smallest absolute Gasteiger partial charge is 0.262 e. The second-order valence-corrected chi connectivity index (χ2v) is 9.15. The first-order chi connectivity index (χ1) is 15.8. The Morgan fingerprint density at radius 2 is 1.94 bits per heavy atom. The van der Waals surface area contributed by atoms with E-state index in [1.54, 1.807) is 11.8 Å². The average molecular weight is 471 g/mol. The Labute approximate surface area is 198 Å². The van der Waals surface area contributed by atoms with E-state index in [0.29, 0.717) is 6.54 Å². The van der Waals surface area contributed by atoms with Crippen molar-refractivity contribution < 1.29 is 14.0 Å². The van der Waals surface area contributed by atoms with Crippen molar-refractivity contribution in [2.75, 3.05) is 26.2 Å². The molecule has 3 N–H and O–H groups in total. The van der Waals surface area contributed by atoms with Crippen LogP contribution in [0.15, 0.2) is 60.3 Å². The number of hydrogen-bond donors (Lipinski definition) is 2. The van der Waals surface area contributed by atoms with Crippen LogP contribution in [0.2, 0.25) is 5.02 Å². The molecule has 0 bridgehead atoms. The second-order valence-electron chi connectivity index (χ2n) is 8.74. The van der Waals surface area contributed by atoms with Crippen molar-refractivity contribution in [2.45, 2.75) is 25.4 Å². The van der Waals surface area contributed by atoms with Gasteiger partial charge in [0.2, 0.25) is 5.91 Å². The Balaban J connectivity index is 1.38. The van der Waals surface area contributed by atoms with Crippen molar-refractivity contribution in [3.05, 3.63) is 82.3 Å². The maximum Gasteiger partial charge on any atom is 0.262 e. The molecule has 2 aromatic rings. The van der Waals surface area contributed by atoms with Crippen LogP contribution in [0.25, 0.3) is 0 Å². The molecule has 0 radical (unpaired) electrons. The highest BCUT2D eigenvalue weighted by Crippen LogP contribution is 2.32. The fraction of sp³-hybridized carbons (Fsp3) is 0.360. The monoisotopic (exact) mass is 470 g/mol. The highest BCUT2D eigenvalue weighted by atomic mass is 35.5. The number of halogens is 2. The predicted octanol–water partition coefficient (Wildman–Crippen LogP) is 3.35. The summed E-state index contributed by atoms with van der Waals surface area (Å²) in [7, 11) is 0. The Bertz CT molecular complexity index is 1040. The Morgan fingerprint density at radius 3 is 2.61 bits per heavy atom. The second kappa shape index (κ2) is 10.0. The summed E-state index contributed by atoms with van der Waals surface area (Å²) in [6.45, 7) is 4.53. The summed E-state index contributed by atoms with van der Waals surface area (Å²) in [4.78, 5) is 28.9. The summed E-state index contributed by atoms with van der Waals surface area (Å²) in [6.07, 6.45) is 2.58. The van der Waals surface area contributed by atoms with Crippen molar-refractivity contribution in [2.24, 2.45) is 11.7 Å². The molecule has 3 atom stereocenters. The number of rotatable bonds is 7. The van der Waals surface area contributed by atoms with Crippen LogP contribution in [-0.4, -0.2) is 53.8 Å². The van der Waals surface area contributed by atoms with Crippen LogP contribution < -0.4 is 11.1 Å². The van der Waals surface area contributed by atoms with E-state index in [0.717, 1.165) is 37.2 Å². The number of hydrogen-bond acceptors (Lipinski definition) is 4. The van der Waals surface area contributed by atoms with Crippen LogP contribution in [0, 0.1) is 11.7 Å². The van der Waals surface area contributed by atoms with Gasteiger partial charge in [-0.2, -0.15) is 0 Å². The molecule has 33 heavy (non-hydrogen) atoms. The molecule has 4 rings (SSSR count). The van der Waals surface area contributed by atoms with Gasteiger partial charge in [0, 0.05) is 38.3 Å². The molecule has 1 saturated heterocycles. The minimum absolute atomic E-state index is 0.0802. The summed E-state index contributed by atoms with van der Waals surface area (Å²) >= 11 is 6.07. The number of fused-ring (bicyclic) bond motifs is 1. The van der Waals surface area contributed by atoms with Crippen LogP contribution in [0.4, 0.5) is 4.39 Å². The summed E-state index contributed by atoms with van der Waals surface area (Å²) in [5.41, 5.74) is 7.87. The van der Waals surface area contributed by atoms with E-state index in [9.17, 15) is 14.0 Å². The standard InChI is InChI=1S/C25H28ClFN4O2/c1-16(28)24(32)29-22(17-6-3-2-4-7-17)10-11-30-12-18-14-31(15-19(18)13-30)25(33)23-20(26)8-5-9-21(23)27/h2-9,14,16,19,22H,10-13,15,28H2,1H3,(H,29,32)/t16?,19?,22-/m0/s1. The number of benzene rings is 2. The Kier molecular flexibility index (Phi) is 7.12. The SMILES string of the molecule is CC(N)C(=O)N[C@@H](CCN1CC2=CN(C(=O)c3c(F)cccc3Cl)CC2C1)c1ccccc1. The number of carbonyl (C=O) groups is 2. The molecule has 0 aromatic heterocycles. The van der Waals surface area contributed by atoms with Gasteiger partial charge in [0.05, 0.1) is 22.7 Å². The lowest BCUT2D eigenvalue weighted by molar-refractivity contribution is -0.122. The highest BCUT2D eigenvalue weighted by Gasteiger charge is 2.36. The van der Waals surface area contributed by atoms with Crippen LogP contribution >= 0.6 is 11.6 Å². The molecular formula is C25H28ClFN4O2. The van der Waals surface area contributed by atoms with E-state index >= 15 is 0 Å². The summed E-state index contributed by atoms with van der Waals surface area (Å²) < 4.78 is 14.2. The molecule has 2 aliphatic rings. The first kappa shape index (κ1) is 23.4. The molecule has 2 aromatic carbocycles. The number of nitrogens with one attached hydrogen (secondary N) is 1. The van der Waals surface area contributed by atoms with E-state index in [1.165, 1.54) is 18.2 Å². The van der Waals surface area contributed by atoms with Crippen molar-refractivity contribution in [1.82, 2.24) is 15.1 Å². The molecule has 0 spiro atoms. The van der Waals surface area contributed by atoms with Crippen molar-refractivity contribution >= 4 is 23.4 Å². The predicted molar refractivity (Wildman–Crippen MR) is 126 cm³/mol. The van der Waals surface area contributed by atoms with Crippen molar-refractivity contribution in [3.8, 4) is 0 Å². The molecule has 0 aliphatic carbocycles. The molecule has 2 aliphatic heterocycles. The number of amides is 2. The van der Waals surface area contributed by atoms with Crippen LogP contribution in [0.3, 0.4) is 0 Å². The molecule has 2 amide bonds. The van der Waals surface area contributed by atoms with Gasteiger partial charge < -0.3 is 16.0 Å². The van der Waals surface area contributed by atoms with Gasteiger partial charge in [-0.05, 0) is 36.6 Å². The van der Waals surface area contributed by atoms with Gasteiger partial charge >= 0.3 is 0 Å². The maximum atomic E-state index is 14.2. The normalized spacial score (nSPS) is 19.7. The van der Waals surface area contributed by atoms with E-state index < -0.39 is 17.8 Å². The lowest BCUT2D eigenvalue weighted by Gasteiger charge is -2.24. The lowest BCUT2D eigenvalue weighted by Crippen LogP contribution is -2.41. The van der Waals surface area contributed by atoms with Crippen molar-refractivity contribution in [1.29, 1.82) is 0 Å². The van der Waals surface area contributed by atoms with Gasteiger partial charge in [0.15, 0.2) is 0 Å². The van der Waals surface area contributed by atoms with Gasteiger partial charge in [-0.3, -0.25) is 14.5 Å². The fourth-order valence-electron chi connectivity index (χ4n) is 4.47. The first-order valence-corrected chi connectivity index (χ1v) is 11.5. The molecule has 0 saturated carbocycles. The van der Waals surface area contributed by atoms with Gasteiger partial charge in [-0.1, -0.05) is 48.0 Å². The number of nitrogens with two attached hydrogens (primary N) is 1. The van der Waals surface area contributed by atoms with Crippen molar-refractivity contribution in [3.63, 3.8) is 0 Å². The van der Waals surface area contributed by atoms with E-state index in [1.807, 2.05) is 36.5 Å². The highest BCUT2D eigenvalue weighted by molar-refractivity contribution is 6.33. The minimum Gasteiger partial charge on any atom is -0.348 e. The number of nitrogens with zero attached hydrogens (tertiary/aromatic N) is 2. The minimum atomic E-state index is -0.606. The van der Waals surface area contributed by atoms with Crippen LogP contribution in [-0.2, 0) is 4.79 Å². The lowest BCUT2D eigenvalue weighted by atomic mass is 10.0. The van der Waals surface area contributed by atoms with Gasteiger partial charge in [-0.15, -0.1) is 0 Å².